The van der Waals surface area contributed by atoms with Crippen LogP contribution >= 0.6 is 22.9 Å². The van der Waals surface area contributed by atoms with Crippen molar-refractivity contribution in [1.29, 1.82) is 0 Å². The Hall–Kier alpha value is -2.57. The molecule has 1 atom stereocenters. The van der Waals surface area contributed by atoms with E-state index < -0.39 is 5.97 Å². The summed E-state index contributed by atoms with van der Waals surface area (Å²) in [6, 6.07) is 11.6. The fraction of sp³-hybridized carbons (Fsp3) is 0.200. The average Bonchev–Trinajstić information content (AvgIpc) is 3.12. The molecule has 1 unspecified atom stereocenters. The Labute approximate surface area is 165 Å². The molecule has 3 aromatic rings. The van der Waals surface area contributed by atoms with Crippen molar-refractivity contribution in [3.8, 4) is 16.2 Å². The maximum Gasteiger partial charge on any atom is 0.337 e. The topological polar surface area (TPSA) is 71.5 Å². The number of benzene rings is 1. The Morgan fingerprint density at radius 2 is 2.22 bits per heavy atom. The largest absolute Gasteiger partial charge is 0.493 e. The van der Waals surface area contributed by atoms with Gasteiger partial charge in [0.2, 0.25) is 0 Å². The van der Waals surface area contributed by atoms with Gasteiger partial charge in [-0.2, -0.15) is 0 Å². The molecular weight excluding hydrogens is 384 g/mol. The first-order chi connectivity index (χ1) is 13.1. The molecule has 4 rings (SSSR count). The maximum atomic E-state index is 11.3. The van der Waals surface area contributed by atoms with Crippen molar-refractivity contribution < 1.29 is 14.6 Å². The predicted octanol–water partition coefficient (Wildman–Crippen LogP) is 5.14. The van der Waals surface area contributed by atoms with Crippen LogP contribution in [0.4, 0.5) is 5.69 Å². The number of nitrogens with zero attached hydrogens (tertiary/aromatic N) is 1. The van der Waals surface area contributed by atoms with E-state index in [1.165, 1.54) is 23.6 Å². The number of carboxylic acid groups (broad SMARTS) is 1. The quantitative estimate of drug-likeness (QED) is 0.620. The lowest BCUT2D eigenvalue weighted by molar-refractivity contribution is 0.0697. The smallest absolute Gasteiger partial charge is 0.337 e. The van der Waals surface area contributed by atoms with Gasteiger partial charge in [0.05, 0.1) is 28.4 Å². The Bertz CT molecular complexity index is 989. The number of aromatic nitrogens is 1. The number of fused-ring (bicyclic) bond motifs is 1. The van der Waals surface area contributed by atoms with Crippen molar-refractivity contribution in [1.82, 2.24) is 4.98 Å². The van der Waals surface area contributed by atoms with Crippen molar-refractivity contribution >= 4 is 34.6 Å². The van der Waals surface area contributed by atoms with Gasteiger partial charge >= 0.3 is 5.97 Å². The first kappa shape index (κ1) is 17.8. The van der Waals surface area contributed by atoms with Gasteiger partial charge in [-0.1, -0.05) is 23.7 Å². The second-order valence-electron chi connectivity index (χ2n) is 6.30. The van der Waals surface area contributed by atoms with Gasteiger partial charge in [-0.05, 0) is 41.8 Å². The monoisotopic (exact) mass is 400 g/mol. The van der Waals surface area contributed by atoms with Crippen LogP contribution in [0.3, 0.4) is 0 Å². The summed E-state index contributed by atoms with van der Waals surface area (Å²) in [5, 5.41) is 12.5. The van der Waals surface area contributed by atoms with Crippen LogP contribution in [0.15, 0.2) is 48.8 Å². The van der Waals surface area contributed by atoms with Crippen LogP contribution in [-0.4, -0.2) is 29.2 Å². The van der Waals surface area contributed by atoms with E-state index in [1.54, 1.807) is 6.20 Å². The lowest BCUT2D eigenvalue weighted by Crippen LogP contribution is -2.21. The molecule has 27 heavy (non-hydrogen) atoms. The third-order valence-corrected chi connectivity index (χ3v) is 5.91. The van der Waals surface area contributed by atoms with Crippen LogP contribution in [0.2, 0.25) is 4.34 Å². The molecule has 0 aliphatic carbocycles. The van der Waals surface area contributed by atoms with E-state index in [1.807, 2.05) is 12.1 Å². The molecule has 0 fully saturated rings. The summed E-state index contributed by atoms with van der Waals surface area (Å²) < 4.78 is 6.63. The number of anilines is 1. The molecule has 138 valence electrons. The van der Waals surface area contributed by atoms with Gasteiger partial charge in [-0.15, -0.1) is 11.3 Å². The summed E-state index contributed by atoms with van der Waals surface area (Å²) in [7, 11) is 0. The van der Waals surface area contributed by atoms with Crippen molar-refractivity contribution in [2.45, 2.75) is 12.3 Å². The van der Waals surface area contributed by atoms with Crippen molar-refractivity contribution in [3.63, 3.8) is 0 Å². The zero-order valence-corrected chi connectivity index (χ0v) is 15.9. The molecule has 2 N–H and O–H groups in total. The van der Waals surface area contributed by atoms with E-state index in [0.717, 1.165) is 32.5 Å². The number of hydrogen-bond donors (Lipinski definition) is 2. The zero-order chi connectivity index (χ0) is 18.8. The van der Waals surface area contributed by atoms with Crippen molar-refractivity contribution in [2.75, 3.05) is 18.5 Å². The Morgan fingerprint density at radius 3 is 3.00 bits per heavy atom. The van der Waals surface area contributed by atoms with Crippen LogP contribution < -0.4 is 10.1 Å². The normalized spacial score (nSPS) is 15.7. The minimum absolute atomic E-state index is 0.224. The number of carbonyl (C=O) groups is 1. The summed E-state index contributed by atoms with van der Waals surface area (Å²) in [6.07, 6.45) is 3.90. The molecule has 0 bridgehead atoms. The minimum atomic E-state index is -0.966. The molecular formula is C20H17ClN2O3S. The fourth-order valence-corrected chi connectivity index (χ4v) is 4.29. The number of hydrogen-bond acceptors (Lipinski definition) is 5. The highest BCUT2D eigenvalue weighted by Gasteiger charge is 2.23. The van der Waals surface area contributed by atoms with E-state index in [0.29, 0.717) is 18.8 Å². The van der Waals surface area contributed by atoms with E-state index in [4.69, 9.17) is 16.3 Å². The summed E-state index contributed by atoms with van der Waals surface area (Å²) in [6.45, 7) is 1.25. The second kappa shape index (κ2) is 7.58. The minimum Gasteiger partial charge on any atom is -0.493 e. The zero-order valence-electron chi connectivity index (χ0n) is 14.3. The van der Waals surface area contributed by atoms with Gasteiger partial charge in [0, 0.05) is 23.5 Å². The molecule has 1 aromatic carbocycles. The van der Waals surface area contributed by atoms with Crippen LogP contribution in [0.25, 0.3) is 10.4 Å². The van der Waals surface area contributed by atoms with Crippen LogP contribution in [0, 0.1) is 0 Å². The van der Waals surface area contributed by atoms with Gasteiger partial charge in [0.15, 0.2) is 0 Å². The lowest BCUT2D eigenvalue weighted by atomic mass is 9.91. The number of aromatic carboxylic acids is 1. The second-order valence-corrected chi connectivity index (χ2v) is 8.01. The van der Waals surface area contributed by atoms with Crippen LogP contribution in [0.5, 0.6) is 5.75 Å². The van der Waals surface area contributed by atoms with E-state index >= 15 is 0 Å². The molecule has 7 heteroatoms. The highest BCUT2D eigenvalue weighted by Crippen LogP contribution is 2.39. The van der Waals surface area contributed by atoms with Gasteiger partial charge in [-0.25, -0.2) is 4.79 Å². The third-order valence-electron chi connectivity index (χ3n) is 4.63. The van der Waals surface area contributed by atoms with Gasteiger partial charge in [-0.3, -0.25) is 4.98 Å². The van der Waals surface area contributed by atoms with Crippen molar-refractivity contribution in [2.24, 2.45) is 0 Å². The van der Waals surface area contributed by atoms with E-state index in [9.17, 15) is 9.90 Å². The van der Waals surface area contributed by atoms with Gasteiger partial charge < -0.3 is 15.2 Å². The number of rotatable bonds is 5. The highest BCUT2D eigenvalue weighted by molar-refractivity contribution is 7.19. The number of halogens is 1. The van der Waals surface area contributed by atoms with Crippen molar-refractivity contribution in [3.05, 3.63) is 64.3 Å². The highest BCUT2D eigenvalue weighted by atomic mass is 35.5. The first-order valence-corrected chi connectivity index (χ1v) is 9.75. The number of nitrogens with one attached hydrogen (secondary N) is 1. The molecule has 3 heterocycles. The molecule has 1 aliphatic heterocycles. The number of thiophene rings is 1. The molecule has 0 spiro atoms. The number of pyridine rings is 1. The molecule has 0 radical (unpaired) electrons. The summed E-state index contributed by atoms with van der Waals surface area (Å²) in [5.41, 5.74) is 2.96. The first-order valence-electron chi connectivity index (χ1n) is 8.55. The SMILES string of the molecule is O=C(O)c1ccncc1NCC1CCOc2cc(-c3ccc(Cl)s3)ccc21. The standard InChI is InChI=1S/C20H17ClN2O3S/c21-19-4-3-18(27-19)12-1-2-14-13(6-8-26-17(14)9-12)10-23-16-11-22-7-5-15(16)20(24)25/h1-5,7,9,11,13,23H,6,8,10H2,(H,24,25). The number of carboxylic acids is 1. The maximum absolute atomic E-state index is 11.3. The predicted molar refractivity (Wildman–Crippen MR) is 107 cm³/mol. The van der Waals surface area contributed by atoms with E-state index in [2.05, 4.69) is 28.5 Å². The molecule has 5 nitrogen and oxygen atoms in total. The molecule has 0 saturated heterocycles. The van der Waals surface area contributed by atoms with Crippen LogP contribution in [0.1, 0.15) is 28.3 Å². The Kier molecular flexibility index (Phi) is 5.01. The Morgan fingerprint density at radius 1 is 1.33 bits per heavy atom. The fourth-order valence-electron chi connectivity index (χ4n) is 3.25. The molecule has 2 aromatic heterocycles. The van der Waals surface area contributed by atoms with Gasteiger partial charge in [0.1, 0.15) is 5.75 Å². The molecule has 0 saturated carbocycles. The molecule has 1 aliphatic rings. The van der Waals surface area contributed by atoms with Gasteiger partial charge in [0.25, 0.3) is 0 Å². The summed E-state index contributed by atoms with van der Waals surface area (Å²) in [4.78, 5) is 16.5. The Balaban J connectivity index is 1.54. The van der Waals surface area contributed by atoms with E-state index in [-0.39, 0.29) is 11.5 Å². The summed E-state index contributed by atoms with van der Waals surface area (Å²) >= 11 is 7.58. The summed E-state index contributed by atoms with van der Waals surface area (Å²) in [5.74, 6) is 0.141. The lowest BCUT2D eigenvalue weighted by Gasteiger charge is -2.27. The number of ether oxygens (including phenoxy) is 1. The van der Waals surface area contributed by atoms with Crippen LogP contribution in [-0.2, 0) is 0 Å². The average molecular weight is 401 g/mol. The third kappa shape index (κ3) is 3.77. The molecule has 0 amide bonds.